The number of ether oxygens (including phenoxy) is 1. The Balaban J connectivity index is 2.09. The molecule has 0 saturated carbocycles. The van der Waals surface area contributed by atoms with Crippen LogP contribution in [0.2, 0.25) is 0 Å². The Kier molecular flexibility index (Phi) is 3.08. The van der Waals surface area contributed by atoms with Gasteiger partial charge in [0, 0.05) is 10.9 Å². The van der Waals surface area contributed by atoms with Crippen molar-refractivity contribution >= 4 is 21.7 Å². The highest BCUT2D eigenvalue weighted by Gasteiger charge is 2.12. The number of para-hydroxylation sites is 1. The lowest BCUT2D eigenvalue weighted by Gasteiger charge is -2.10. The van der Waals surface area contributed by atoms with Gasteiger partial charge < -0.3 is 9.72 Å². The van der Waals surface area contributed by atoms with E-state index < -0.39 is 0 Å². The summed E-state index contributed by atoms with van der Waals surface area (Å²) < 4.78 is 5.49. The summed E-state index contributed by atoms with van der Waals surface area (Å²) >= 11 is 0. The number of hydrogen-bond acceptors (Lipinski definition) is 3. The summed E-state index contributed by atoms with van der Waals surface area (Å²) in [5.41, 5.74) is 1.39. The maximum absolute atomic E-state index is 12.3. The minimum atomic E-state index is -0.141. The molecule has 0 bridgehead atoms. The molecule has 0 atom stereocenters. The second kappa shape index (κ2) is 5.25. The summed E-state index contributed by atoms with van der Waals surface area (Å²) in [5.74, 6) is 1.30. The van der Waals surface area contributed by atoms with Crippen LogP contribution in [0.4, 0.5) is 0 Å². The topological polar surface area (TPSA) is 55.0 Å². The van der Waals surface area contributed by atoms with Crippen LogP contribution in [0.25, 0.3) is 33.1 Å². The van der Waals surface area contributed by atoms with Crippen molar-refractivity contribution in [3.05, 3.63) is 71.0 Å². The number of aromatic amines is 1. The number of nitrogens with zero attached hydrogens (tertiary/aromatic N) is 1. The fourth-order valence-electron chi connectivity index (χ4n) is 2.89. The van der Waals surface area contributed by atoms with E-state index in [9.17, 15) is 4.79 Å². The molecule has 0 unspecified atom stereocenters. The van der Waals surface area contributed by atoms with Crippen molar-refractivity contribution in [1.82, 2.24) is 9.97 Å². The van der Waals surface area contributed by atoms with Gasteiger partial charge in [-0.05, 0) is 23.6 Å². The third-order valence-electron chi connectivity index (χ3n) is 3.95. The first-order chi connectivity index (χ1) is 11.3. The summed E-state index contributed by atoms with van der Waals surface area (Å²) in [7, 11) is 1.64. The van der Waals surface area contributed by atoms with E-state index >= 15 is 0 Å². The fourth-order valence-corrected chi connectivity index (χ4v) is 2.89. The predicted molar refractivity (Wildman–Crippen MR) is 91.9 cm³/mol. The molecule has 4 rings (SSSR count). The number of methoxy groups -OCH3 is 1. The minimum Gasteiger partial charge on any atom is -0.496 e. The van der Waals surface area contributed by atoms with Crippen molar-refractivity contribution in [1.29, 1.82) is 0 Å². The molecule has 0 aliphatic rings. The van der Waals surface area contributed by atoms with Crippen LogP contribution in [-0.2, 0) is 0 Å². The molecular formula is C19H14N2O2. The van der Waals surface area contributed by atoms with Gasteiger partial charge in [-0.2, -0.15) is 0 Å². The summed E-state index contributed by atoms with van der Waals surface area (Å²) in [4.78, 5) is 19.8. The number of H-pyrrole nitrogens is 1. The van der Waals surface area contributed by atoms with E-state index in [0.29, 0.717) is 16.7 Å². The van der Waals surface area contributed by atoms with E-state index in [1.54, 1.807) is 13.2 Å². The first kappa shape index (κ1) is 13.5. The monoisotopic (exact) mass is 302 g/mol. The zero-order chi connectivity index (χ0) is 15.8. The Morgan fingerprint density at radius 3 is 2.57 bits per heavy atom. The second-order valence-electron chi connectivity index (χ2n) is 5.30. The smallest absolute Gasteiger partial charge is 0.259 e. The van der Waals surface area contributed by atoms with Gasteiger partial charge in [0.25, 0.3) is 5.56 Å². The maximum atomic E-state index is 12.3. The summed E-state index contributed by atoms with van der Waals surface area (Å²) in [6.07, 6.45) is 0. The van der Waals surface area contributed by atoms with Gasteiger partial charge in [-0.3, -0.25) is 4.79 Å². The van der Waals surface area contributed by atoms with Gasteiger partial charge in [0.05, 0.1) is 18.0 Å². The summed E-state index contributed by atoms with van der Waals surface area (Å²) in [6, 6.07) is 19.1. The van der Waals surface area contributed by atoms with Gasteiger partial charge in [-0.25, -0.2) is 4.98 Å². The second-order valence-corrected chi connectivity index (χ2v) is 5.30. The molecule has 1 aromatic heterocycles. The van der Waals surface area contributed by atoms with Crippen molar-refractivity contribution in [3.63, 3.8) is 0 Å². The molecule has 0 aliphatic carbocycles. The Morgan fingerprint density at radius 1 is 0.957 bits per heavy atom. The van der Waals surface area contributed by atoms with Gasteiger partial charge in [-0.15, -0.1) is 0 Å². The van der Waals surface area contributed by atoms with Crippen LogP contribution in [0.5, 0.6) is 5.75 Å². The van der Waals surface area contributed by atoms with Crippen LogP contribution in [0.3, 0.4) is 0 Å². The Bertz CT molecular complexity index is 1080. The zero-order valence-electron chi connectivity index (χ0n) is 12.5. The molecule has 4 nitrogen and oxygen atoms in total. The molecule has 0 fully saturated rings. The number of nitrogens with one attached hydrogen (secondary N) is 1. The summed E-state index contributed by atoms with van der Waals surface area (Å²) in [6.45, 7) is 0. The van der Waals surface area contributed by atoms with E-state index in [1.807, 2.05) is 54.6 Å². The molecule has 4 heteroatoms. The molecule has 0 spiro atoms. The number of rotatable bonds is 2. The van der Waals surface area contributed by atoms with Gasteiger partial charge in [-0.1, -0.05) is 42.5 Å². The molecule has 0 aliphatic heterocycles. The lowest BCUT2D eigenvalue weighted by molar-refractivity contribution is 0.420. The van der Waals surface area contributed by atoms with Crippen LogP contribution in [0.15, 0.2) is 65.5 Å². The molecule has 4 aromatic rings. The van der Waals surface area contributed by atoms with E-state index in [0.717, 1.165) is 22.1 Å². The van der Waals surface area contributed by atoms with Crippen molar-refractivity contribution in [2.75, 3.05) is 7.11 Å². The lowest BCUT2D eigenvalue weighted by Crippen LogP contribution is -2.09. The van der Waals surface area contributed by atoms with Crippen LogP contribution in [-0.4, -0.2) is 17.1 Å². The van der Waals surface area contributed by atoms with Crippen molar-refractivity contribution in [3.8, 4) is 17.1 Å². The fraction of sp³-hybridized carbons (Fsp3) is 0.0526. The normalized spacial score (nSPS) is 11.0. The molecular weight excluding hydrogens is 288 g/mol. The van der Waals surface area contributed by atoms with Crippen LogP contribution < -0.4 is 10.3 Å². The standard InChI is InChI=1S/C19H14N2O2/c1-23-16-11-5-7-12-6-4-9-14(17(12)16)18-20-15-10-3-2-8-13(15)19(22)21-18/h2-11H,1H3,(H,20,21,22). The highest BCUT2D eigenvalue weighted by molar-refractivity contribution is 6.00. The quantitative estimate of drug-likeness (QED) is 0.613. The van der Waals surface area contributed by atoms with Crippen LogP contribution >= 0.6 is 0 Å². The van der Waals surface area contributed by atoms with Gasteiger partial charge >= 0.3 is 0 Å². The van der Waals surface area contributed by atoms with Gasteiger partial charge in [0.2, 0.25) is 0 Å². The Morgan fingerprint density at radius 2 is 1.74 bits per heavy atom. The van der Waals surface area contributed by atoms with Crippen molar-refractivity contribution < 1.29 is 4.74 Å². The third-order valence-corrected chi connectivity index (χ3v) is 3.95. The number of aromatic nitrogens is 2. The van der Waals surface area contributed by atoms with Gasteiger partial charge in [0.15, 0.2) is 0 Å². The average molecular weight is 302 g/mol. The summed E-state index contributed by atoms with van der Waals surface area (Å²) in [5, 5.41) is 2.57. The molecule has 1 heterocycles. The molecule has 3 aromatic carbocycles. The molecule has 1 N–H and O–H groups in total. The SMILES string of the molecule is COc1cccc2cccc(-c3nc4ccccc4c(=O)[nH]3)c12. The highest BCUT2D eigenvalue weighted by Crippen LogP contribution is 2.33. The van der Waals surface area contributed by atoms with Crippen LogP contribution in [0, 0.1) is 0 Å². The van der Waals surface area contributed by atoms with E-state index in [-0.39, 0.29) is 5.56 Å². The molecule has 0 saturated heterocycles. The Hall–Kier alpha value is -3.14. The molecule has 0 amide bonds. The molecule has 0 radical (unpaired) electrons. The van der Waals surface area contributed by atoms with E-state index in [1.165, 1.54) is 0 Å². The van der Waals surface area contributed by atoms with Crippen LogP contribution in [0.1, 0.15) is 0 Å². The number of benzene rings is 3. The highest BCUT2D eigenvalue weighted by atomic mass is 16.5. The zero-order valence-corrected chi connectivity index (χ0v) is 12.5. The predicted octanol–water partition coefficient (Wildman–Crippen LogP) is 3.75. The molecule has 23 heavy (non-hydrogen) atoms. The minimum absolute atomic E-state index is 0.141. The van der Waals surface area contributed by atoms with E-state index in [4.69, 9.17) is 4.74 Å². The first-order valence-electron chi connectivity index (χ1n) is 7.33. The number of fused-ring (bicyclic) bond motifs is 2. The van der Waals surface area contributed by atoms with Crippen molar-refractivity contribution in [2.45, 2.75) is 0 Å². The lowest BCUT2D eigenvalue weighted by atomic mass is 10.0. The maximum Gasteiger partial charge on any atom is 0.259 e. The molecule has 112 valence electrons. The number of hydrogen-bond donors (Lipinski definition) is 1. The van der Waals surface area contributed by atoms with Gasteiger partial charge in [0.1, 0.15) is 11.6 Å². The first-order valence-corrected chi connectivity index (χ1v) is 7.33. The van der Waals surface area contributed by atoms with E-state index in [2.05, 4.69) is 9.97 Å². The van der Waals surface area contributed by atoms with Crippen molar-refractivity contribution in [2.24, 2.45) is 0 Å². The third kappa shape index (κ3) is 2.16. The largest absolute Gasteiger partial charge is 0.496 e. The Labute approximate surface area is 132 Å². The average Bonchev–Trinajstić information content (AvgIpc) is 2.60.